The van der Waals surface area contributed by atoms with Crippen LogP contribution in [0.1, 0.15) is 52.9 Å². The Bertz CT molecular complexity index is 527. The fraction of sp³-hybridized carbons (Fsp3) is 0.714. The Balaban J connectivity index is 1.83. The number of hydrogen-bond acceptors (Lipinski definition) is 3. The normalized spacial score (nSPS) is 40.2. The summed E-state index contributed by atoms with van der Waals surface area (Å²) in [6.07, 6.45) is 12.4. The van der Waals surface area contributed by atoms with Crippen molar-refractivity contribution in [1.82, 2.24) is 0 Å². The van der Waals surface area contributed by atoms with Crippen molar-refractivity contribution in [2.45, 2.75) is 65.5 Å². The van der Waals surface area contributed by atoms with Gasteiger partial charge in [0.2, 0.25) is 0 Å². The summed E-state index contributed by atoms with van der Waals surface area (Å²) < 4.78 is 17.8. The van der Waals surface area contributed by atoms with Gasteiger partial charge in [0, 0.05) is 13.0 Å². The lowest BCUT2D eigenvalue weighted by Crippen LogP contribution is -2.40. The Morgan fingerprint density at radius 2 is 2.17 bits per heavy atom. The number of hydrogen-bond donors (Lipinski definition) is 0. The molecule has 2 aliphatic heterocycles. The second-order valence-corrected chi connectivity index (χ2v) is 7.74. The average Bonchev–Trinajstić information content (AvgIpc) is 2.93. The summed E-state index contributed by atoms with van der Waals surface area (Å²) >= 11 is 0. The summed E-state index contributed by atoms with van der Waals surface area (Å²) in [6.45, 7) is 7.43. The van der Waals surface area contributed by atoms with Crippen molar-refractivity contribution in [3.8, 4) is 0 Å². The van der Waals surface area contributed by atoms with Gasteiger partial charge < -0.3 is 14.2 Å². The van der Waals surface area contributed by atoms with Gasteiger partial charge >= 0.3 is 0 Å². The quantitative estimate of drug-likeness (QED) is 0.678. The molecule has 0 aromatic carbocycles. The first kappa shape index (κ1) is 17.9. The summed E-state index contributed by atoms with van der Waals surface area (Å²) in [5.74, 6) is 1.59. The molecule has 134 valence electrons. The van der Waals surface area contributed by atoms with Crippen molar-refractivity contribution in [3.05, 3.63) is 34.9 Å². The standard InChI is InChI=1S/C21H32O3/c1-14(2)7-5-9-16-13-23-21-19-17(16)12-11-15(3)8-6-10-18(19)20(22-4)24-21/h7-8,10,16-17,19-21H,5-6,9,11-13H2,1-4H3/b15-8+,18-10+/t16-,17+,19+,20-,21-/m1/s1. The Morgan fingerprint density at radius 3 is 2.92 bits per heavy atom. The lowest BCUT2D eigenvalue weighted by molar-refractivity contribution is -0.230. The van der Waals surface area contributed by atoms with E-state index in [0.717, 1.165) is 19.4 Å². The van der Waals surface area contributed by atoms with Gasteiger partial charge in [0.15, 0.2) is 12.6 Å². The third kappa shape index (κ3) is 3.84. The molecule has 0 aromatic rings. The van der Waals surface area contributed by atoms with E-state index in [9.17, 15) is 0 Å². The molecule has 0 N–H and O–H groups in total. The number of allylic oxidation sites excluding steroid dienone is 5. The van der Waals surface area contributed by atoms with Crippen LogP contribution in [0.5, 0.6) is 0 Å². The molecule has 2 saturated heterocycles. The highest BCUT2D eigenvalue weighted by atomic mass is 16.8. The van der Waals surface area contributed by atoms with E-state index in [4.69, 9.17) is 14.2 Å². The molecule has 0 aromatic heterocycles. The van der Waals surface area contributed by atoms with Crippen LogP contribution in [0.2, 0.25) is 0 Å². The maximum Gasteiger partial charge on any atom is 0.183 e. The highest BCUT2D eigenvalue weighted by molar-refractivity contribution is 5.21. The molecule has 24 heavy (non-hydrogen) atoms. The molecule has 0 bridgehead atoms. The average molecular weight is 332 g/mol. The predicted octanol–water partition coefficient (Wildman–Crippen LogP) is 5.00. The van der Waals surface area contributed by atoms with Gasteiger partial charge in [0.25, 0.3) is 0 Å². The van der Waals surface area contributed by atoms with E-state index < -0.39 is 0 Å². The summed E-state index contributed by atoms with van der Waals surface area (Å²) in [5.41, 5.74) is 4.22. The van der Waals surface area contributed by atoms with Gasteiger partial charge in [-0.3, -0.25) is 0 Å². The molecular weight excluding hydrogens is 300 g/mol. The Kier molecular flexibility index (Phi) is 5.96. The number of ether oxygens (including phenoxy) is 3. The maximum atomic E-state index is 6.12. The third-order valence-electron chi connectivity index (χ3n) is 5.75. The molecule has 0 spiro atoms. The van der Waals surface area contributed by atoms with Gasteiger partial charge in [-0.2, -0.15) is 0 Å². The van der Waals surface area contributed by atoms with Crippen LogP contribution in [0.25, 0.3) is 0 Å². The van der Waals surface area contributed by atoms with Crippen LogP contribution in [0.4, 0.5) is 0 Å². The maximum absolute atomic E-state index is 6.12. The van der Waals surface area contributed by atoms with Crippen molar-refractivity contribution in [1.29, 1.82) is 0 Å². The van der Waals surface area contributed by atoms with Crippen molar-refractivity contribution >= 4 is 0 Å². The van der Waals surface area contributed by atoms with Crippen LogP contribution in [-0.4, -0.2) is 26.3 Å². The zero-order valence-corrected chi connectivity index (χ0v) is 15.6. The second kappa shape index (κ2) is 7.99. The molecule has 2 fully saturated rings. The first-order valence-electron chi connectivity index (χ1n) is 9.39. The van der Waals surface area contributed by atoms with Crippen molar-refractivity contribution < 1.29 is 14.2 Å². The number of rotatable bonds is 4. The van der Waals surface area contributed by atoms with Crippen LogP contribution in [0, 0.1) is 17.8 Å². The Labute approximate surface area is 146 Å². The Morgan fingerprint density at radius 1 is 1.33 bits per heavy atom. The molecule has 3 aliphatic rings. The highest BCUT2D eigenvalue weighted by Gasteiger charge is 2.49. The third-order valence-corrected chi connectivity index (χ3v) is 5.75. The molecule has 2 heterocycles. The molecule has 3 heteroatoms. The van der Waals surface area contributed by atoms with Crippen LogP contribution in [0.15, 0.2) is 34.9 Å². The minimum absolute atomic E-state index is 0.121. The molecule has 0 radical (unpaired) electrons. The largest absolute Gasteiger partial charge is 0.352 e. The fourth-order valence-electron chi connectivity index (χ4n) is 4.44. The monoisotopic (exact) mass is 332 g/mol. The minimum atomic E-state index is -0.231. The molecule has 0 amide bonds. The molecule has 0 saturated carbocycles. The lowest BCUT2D eigenvalue weighted by atomic mass is 9.72. The van der Waals surface area contributed by atoms with Crippen LogP contribution >= 0.6 is 0 Å². The molecule has 0 unspecified atom stereocenters. The van der Waals surface area contributed by atoms with Gasteiger partial charge in [-0.05, 0) is 70.3 Å². The Hall–Kier alpha value is -0.900. The van der Waals surface area contributed by atoms with Gasteiger partial charge in [0.05, 0.1) is 6.61 Å². The molecular formula is C21H32O3. The van der Waals surface area contributed by atoms with Gasteiger partial charge in [-0.25, -0.2) is 0 Å². The van der Waals surface area contributed by atoms with Gasteiger partial charge in [-0.1, -0.05) is 29.4 Å². The molecule has 5 atom stereocenters. The summed E-state index contributed by atoms with van der Waals surface area (Å²) in [4.78, 5) is 0. The van der Waals surface area contributed by atoms with E-state index in [-0.39, 0.29) is 12.6 Å². The zero-order chi connectivity index (χ0) is 17.1. The second-order valence-electron chi connectivity index (χ2n) is 7.74. The minimum Gasteiger partial charge on any atom is -0.352 e. The summed E-state index contributed by atoms with van der Waals surface area (Å²) in [7, 11) is 1.73. The number of methoxy groups -OCH3 is 1. The topological polar surface area (TPSA) is 27.7 Å². The first-order valence-corrected chi connectivity index (χ1v) is 9.39. The first-order chi connectivity index (χ1) is 11.6. The molecule has 3 nitrogen and oxygen atoms in total. The van der Waals surface area contributed by atoms with Crippen molar-refractivity contribution in [2.24, 2.45) is 17.8 Å². The van der Waals surface area contributed by atoms with E-state index in [2.05, 4.69) is 39.0 Å². The molecule has 1 aliphatic carbocycles. The molecule has 3 rings (SSSR count). The predicted molar refractivity (Wildman–Crippen MR) is 96.4 cm³/mol. The van der Waals surface area contributed by atoms with E-state index in [0.29, 0.717) is 17.8 Å². The SMILES string of the molecule is CO[C@@H]1O[C@H]2OC[C@@H](CCC=C(C)C)[C@@H]3CC/C(C)=C/C/C=C/1[C@@H]23. The zero-order valence-electron chi connectivity index (χ0n) is 15.6. The summed E-state index contributed by atoms with van der Waals surface area (Å²) in [6, 6.07) is 0. The van der Waals surface area contributed by atoms with E-state index >= 15 is 0 Å². The van der Waals surface area contributed by atoms with Gasteiger partial charge in [0.1, 0.15) is 0 Å². The van der Waals surface area contributed by atoms with Crippen LogP contribution < -0.4 is 0 Å². The van der Waals surface area contributed by atoms with E-state index in [1.54, 1.807) is 7.11 Å². The van der Waals surface area contributed by atoms with Crippen molar-refractivity contribution in [3.63, 3.8) is 0 Å². The highest BCUT2D eigenvalue weighted by Crippen LogP contribution is 2.48. The smallest absolute Gasteiger partial charge is 0.183 e. The van der Waals surface area contributed by atoms with Crippen LogP contribution in [0.3, 0.4) is 0 Å². The van der Waals surface area contributed by atoms with E-state index in [1.165, 1.54) is 36.0 Å². The van der Waals surface area contributed by atoms with Gasteiger partial charge in [-0.15, -0.1) is 0 Å². The lowest BCUT2D eigenvalue weighted by Gasteiger charge is -2.39. The van der Waals surface area contributed by atoms with Crippen molar-refractivity contribution in [2.75, 3.05) is 13.7 Å². The fourth-order valence-corrected chi connectivity index (χ4v) is 4.44. The van der Waals surface area contributed by atoms with Crippen LogP contribution in [-0.2, 0) is 14.2 Å². The van der Waals surface area contributed by atoms with E-state index in [1.807, 2.05) is 0 Å². The summed E-state index contributed by atoms with van der Waals surface area (Å²) in [5, 5.41) is 0.